The third kappa shape index (κ3) is 4.27. The molecule has 0 saturated carbocycles. The van der Waals surface area contributed by atoms with Gasteiger partial charge in [0, 0.05) is 50.9 Å². The van der Waals surface area contributed by atoms with Crippen molar-refractivity contribution in [1.29, 1.82) is 0 Å². The van der Waals surface area contributed by atoms with Crippen molar-refractivity contribution in [3.8, 4) is 0 Å². The van der Waals surface area contributed by atoms with E-state index in [9.17, 15) is 4.39 Å². The van der Waals surface area contributed by atoms with Crippen LogP contribution in [0.4, 0.5) is 4.39 Å². The minimum absolute atomic E-state index is 0.196. The molecule has 2 rings (SSSR count). The van der Waals surface area contributed by atoms with E-state index in [2.05, 4.69) is 23.6 Å². The van der Waals surface area contributed by atoms with E-state index >= 15 is 0 Å². The molecule has 1 atom stereocenters. The molecule has 1 fully saturated rings. The van der Waals surface area contributed by atoms with Gasteiger partial charge in [0.25, 0.3) is 0 Å². The van der Waals surface area contributed by atoms with Gasteiger partial charge in [0.1, 0.15) is 5.82 Å². The van der Waals surface area contributed by atoms with E-state index in [1.165, 1.54) is 6.07 Å². The van der Waals surface area contributed by atoms with Crippen LogP contribution in [0.25, 0.3) is 0 Å². The summed E-state index contributed by atoms with van der Waals surface area (Å²) in [6, 6.07) is 6.58. The normalized spacial score (nSPS) is 19.4. The molecular formula is C16H26FN3. The summed E-state index contributed by atoms with van der Waals surface area (Å²) in [5.41, 5.74) is 6.77. The first-order chi connectivity index (χ1) is 9.56. The second kappa shape index (κ2) is 7.16. The highest BCUT2D eigenvalue weighted by Crippen LogP contribution is 2.16. The molecule has 112 valence electrons. The van der Waals surface area contributed by atoms with Gasteiger partial charge in [0.15, 0.2) is 0 Å². The lowest BCUT2D eigenvalue weighted by Crippen LogP contribution is -2.49. The zero-order valence-corrected chi connectivity index (χ0v) is 12.6. The molecule has 0 radical (unpaired) electrons. The summed E-state index contributed by atoms with van der Waals surface area (Å²) < 4.78 is 13.7. The highest BCUT2D eigenvalue weighted by molar-refractivity contribution is 5.21. The first-order valence-electron chi connectivity index (χ1n) is 7.51. The molecule has 1 aromatic carbocycles. The van der Waals surface area contributed by atoms with Gasteiger partial charge in [-0.05, 0) is 12.0 Å². The number of nitrogens with zero attached hydrogens (tertiary/aromatic N) is 2. The van der Waals surface area contributed by atoms with Gasteiger partial charge in [-0.25, -0.2) is 4.39 Å². The van der Waals surface area contributed by atoms with Gasteiger partial charge in [0.2, 0.25) is 0 Å². The number of halogens is 1. The molecule has 1 saturated heterocycles. The average Bonchev–Trinajstić information content (AvgIpc) is 2.41. The van der Waals surface area contributed by atoms with E-state index in [0.717, 1.165) is 39.3 Å². The van der Waals surface area contributed by atoms with Crippen molar-refractivity contribution < 1.29 is 4.39 Å². The quantitative estimate of drug-likeness (QED) is 0.896. The van der Waals surface area contributed by atoms with Crippen molar-refractivity contribution in [2.24, 2.45) is 11.7 Å². The molecular weight excluding hydrogens is 253 g/mol. The summed E-state index contributed by atoms with van der Waals surface area (Å²) in [5, 5.41) is 0. The molecule has 1 unspecified atom stereocenters. The van der Waals surface area contributed by atoms with Gasteiger partial charge >= 0.3 is 0 Å². The maximum Gasteiger partial charge on any atom is 0.128 e. The summed E-state index contributed by atoms with van der Waals surface area (Å²) in [6.45, 7) is 10.6. The van der Waals surface area contributed by atoms with E-state index in [0.29, 0.717) is 11.5 Å². The lowest BCUT2D eigenvalue weighted by Gasteiger charge is -2.36. The van der Waals surface area contributed by atoms with Crippen LogP contribution in [0.2, 0.25) is 0 Å². The lowest BCUT2D eigenvalue weighted by molar-refractivity contribution is 0.117. The molecule has 1 heterocycles. The molecule has 2 N–H and O–H groups in total. The zero-order chi connectivity index (χ0) is 14.5. The second-order valence-corrected chi connectivity index (χ2v) is 6.12. The maximum atomic E-state index is 13.7. The Kier molecular flexibility index (Phi) is 5.52. The molecule has 0 spiro atoms. The molecule has 0 aromatic heterocycles. The highest BCUT2D eigenvalue weighted by Gasteiger charge is 2.20. The van der Waals surface area contributed by atoms with Gasteiger partial charge in [0.05, 0.1) is 0 Å². The first kappa shape index (κ1) is 15.4. The van der Waals surface area contributed by atoms with Gasteiger partial charge < -0.3 is 10.6 Å². The van der Waals surface area contributed by atoms with Crippen LogP contribution in [0.1, 0.15) is 25.5 Å². The minimum Gasteiger partial charge on any atom is -0.323 e. The standard InChI is InChI=1S/C16H26FN3/c1-13(2)11-19-7-9-20(10-8-19)12-16(18)14-5-3-4-6-15(14)17/h3-6,13,16H,7-12,18H2,1-2H3. The van der Waals surface area contributed by atoms with E-state index in [1.807, 2.05) is 6.07 Å². The van der Waals surface area contributed by atoms with Crippen molar-refractivity contribution in [3.63, 3.8) is 0 Å². The monoisotopic (exact) mass is 279 g/mol. The molecule has 3 nitrogen and oxygen atoms in total. The predicted octanol–water partition coefficient (Wildman–Crippen LogP) is 2.10. The van der Waals surface area contributed by atoms with Crippen LogP contribution in [0.5, 0.6) is 0 Å². The molecule has 0 amide bonds. The van der Waals surface area contributed by atoms with Crippen molar-refractivity contribution in [2.45, 2.75) is 19.9 Å². The number of rotatable bonds is 5. The fraction of sp³-hybridized carbons (Fsp3) is 0.625. The van der Waals surface area contributed by atoms with Crippen LogP contribution in [0.15, 0.2) is 24.3 Å². The molecule has 1 aliphatic rings. The Morgan fingerprint density at radius 1 is 1.05 bits per heavy atom. The summed E-state index contributed by atoms with van der Waals surface area (Å²) >= 11 is 0. The van der Waals surface area contributed by atoms with Crippen LogP contribution in [0.3, 0.4) is 0 Å². The van der Waals surface area contributed by atoms with Crippen molar-refractivity contribution in [1.82, 2.24) is 9.80 Å². The second-order valence-electron chi connectivity index (χ2n) is 6.12. The average molecular weight is 279 g/mol. The largest absolute Gasteiger partial charge is 0.323 e. The highest BCUT2D eigenvalue weighted by atomic mass is 19.1. The van der Waals surface area contributed by atoms with Crippen molar-refractivity contribution in [2.75, 3.05) is 39.3 Å². The number of piperazine rings is 1. The Labute approximate surface area is 121 Å². The SMILES string of the molecule is CC(C)CN1CCN(CC(N)c2ccccc2F)CC1. The lowest BCUT2D eigenvalue weighted by atomic mass is 10.1. The Balaban J connectivity index is 1.82. The third-order valence-corrected chi connectivity index (χ3v) is 3.85. The Hall–Kier alpha value is -0.970. The number of benzene rings is 1. The molecule has 0 bridgehead atoms. The van der Waals surface area contributed by atoms with E-state index in [4.69, 9.17) is 5.73 Å². The Bertz CT molecular complexity index is 414. The smallest absolute Gasteiger partial charge is 0.128 e. The number of hydrogen-bond donors (Lipinski definition) is 1. The zero-order valence-electron chi connectivity index (χ0n) is 12.6. The van der Waals surface area contributed by atoms with Gasteiger partial charge in [-0.3, -0.25) is 4.90 Å². The molecule has 1 aromatic rings. The molecule has 1 aliphatic heterocycles. The minimum atomic E-state index is -0.243. The fourth-order valence-electron chi connectivity index (χ4n) is 2.82. The summed E-state index contributed by atoms with van der Waals surface area (Å²) in [4.78, 5) is 4.84. The van der Waals surface area contributed by atoms with Gasteiger partial charge in [-0.15, -0.1) is 0 Å². The van der Waals surface area contributed by atoms with Gasteiger partial charge in [-0.1, -0.05) is 32.0 Å². The van der Waals surface area contributed by atoms with Crippen LogP contribution in [-0.2, 0) is 0 Å². The number of hydrogen-bond acceptors (Lipinski definition) is 3. The summed E-state index contributed by atoms with van der Waals surface area (Å²) in [5.74, 6) is 0.515. The molecule has 0 aliphatic carbocycles. The summed E-state index contributed by atoms with van der Waals surface area (Å²) in [6.07, 6.45) is 0. The van der Waals surface area contributed by atoms with E-state index in [-0.39, 0.29) is 11.9 Å². The third-order valence-electron chi connectivity index (χ3n) is 3.85. The molecule has 20 heavy (non-hydrogen) atoms. The topological polar surface area (TPSA) is 32.5 Å². The number of nitrogens with two attached hydrogens (primary N) is 1. The fourth-order valence-corrected chi connectivity index (χ4v) is 2.82. The van der Waals surface area contributed by atoms with Crippen molar-refractivity contribution in [3.05, 3.63) is 35.6 Å². The summed E-state index contributed by atoms with van der Waals surface area (Å²) in [7, 11) is 0. The van der Waals surface area contributed by atoms with Crippen LogP contribution < -0.4 is 5.73 Å². The Morgan fingerprint density at radius 3 is 2.15 bits per heavy atom. The first-order valence-corrected chi connectivity index (χ1v) is 7.51. The predicted molar refractivity (Wildman–Crippen MR) is 81.0 cm³/mol. The van der Waals surface area contributed by atoms with Crippen molar-refractivity contribution >= 4 is 0 Å². The Morgan fingerprint density at radius 2 is 1.60 bits per heavy atom. The van der Waals surface area contributed by atoms with Gasteiger partial charge in [-0.2, -0.15) is 0 Å². The van der Waals surface area contributed by atoms with E-state index in [1.54, 1.807) is 12.1 Å². The molecule has 4 heteroatoms. The van der Waals surface area contributed by atoms with E-state index < -0.39 is 0 Å². The van der Waals surface area contributed by atoms with Crippen LogP contribution in [0, 0.1) is 11.7 Å². The maximum absolute atomic E-state index is 13.7. The van der Waals surface area contributed by atoms with Crippen LogP contribution in [-0.4, -0.2) is 49.1 Å². The van der Waals surface area contributed by atoms with Crippen LogP contribution >= 0.6 is 0 Å².